The number of hydrogen-bond donors (Lipinski definition) is 4. The number of ether oxygens (including phenoxy) is 2. The fourth-order valence-corrected chi connectivity index (χ4v) is 5.22. The minimum atomic E-state index is -1.44. The number of fused-ring (bicyclic) bond motifs is 1. The maximum Gasteiger partial charge on any atom is 0.415 e. The molecular formula is C28H30N8O8. The zero-order chi connectivity index (χ0) is 31.0. The molecule has 0 unspecified atom stereocenters. The molecule has 5 N–H and O–H groups in total. The Hall–Kier alpha value is -4.85. The van der Waals surface area contributed by atoms with Gasteiger partial charge in [0.1, 0.15) is 23.5 Å². The molecule has 3 aromatic rings. The van der Waals surface area contributed by atoms with Crippen molar-refractivity contribution in [1.82, 2.24) is 29.7 Å². The number of carbonyl (C=O) groups is 2. The van der Waals surface area contributed by atoms with E-state index in [1.54, 1.807) is 4.90 Å². The largest absolute Gasteiger partial charge is 0.415 e. The number of imidazole rings is 1. The van der Waals surface area contributed by atoms with Crippen LogP contribution in [0.15, 0.2) is 30.6 Å². The molecule has 2 aromatic heterocycles. The number of nitrogens with two attached hydrogens (primary N) is 1. The highest BCUT2D eigenvalue weighted by Gasteiger charge is 2.48. The first-order chi connectivity index (χ1) is 21.2. The summed E-state index contributed by atoms with van der Waals surface area (Å²) >= 11 is 0. The molecule has 0 bridgehead atoms. The molecule has 1 saturated carbocycles. The summed E-state index contributed by atoms with van der Waals surface area (Å²) in [5, 5.41) is 34.9. The molecule has 3 aliphatic rings. The van der Waals surface area contributed by atoms with Crippen molar-refractivity contribution in [2.45, 2.75) is 62.7 Å². The van der Waals surface area contributed by atoms with E-state index in [0.29, 0.717) is 32.4 Å². The normalized spacial score (nSPS) is 23.6. The molecule has 230 valence electrons. The lowest BCUT2D eigenvalue weighted by Gasteiger charge is -2.30. The number of nitro benzene ring substituents is 1. The highest BCUT2D eigenvalue weighted by Crippen LogP contribution is 2.33. The van der Waals surface area contributed by atoms with E-state index in [1.165, 1.54) is 35.2 Å². The standard InChI is InChI=1S/C28H30N8O8/c29-24-20-25(35(14-30-20)27-22(38)21(37)23(44-27)26(39)31-16-7-8-16)33-19(32-24)6-1-3-15-9-11-34(12-10-15)28(40)43-18-5-2-4-17(13-18)36(41)42/h2,4-5,13-16,21-23,27,37-38H,3,7-12H2,(H,31,39)(H2,29,32,33)/t21-,22+,23-,27+/m0/s1. The zero-order valence-electron chi connectivity index (χ0n) is 23.4. The predicted octanol–water partition coefficient (Wildman–Crippen LogP) is 0.867. The molecule has 0 radical (unpaired) electrons. The van der Waals surface area contributed by atoms with Crippen LogP contribution in [0.1, 0.15) is 44.2 Å². The van der Waals surface area contributed by atoms with Crippen molar-refractivity contribution in [2.24, 2.45) is 5.92 Å². The Balaban J connectivity index is 1.07. The Bertz CT molecular complexity index is 1660. The molecule has 44 heavy (non-hydrogen) atoms. The first kappa shape index (κ1) is 29.2. The number of nitro groups is 1. The summed E-state index contributed by atoms with van der Waals surface area (Å²) in [6.45, 7) is 0.897. The maximum absolute atomic E-state index is 12.5. The van der Waals surface area contributed by atoms with E-state index in [-0.39, 0.29) is 46.2 Å². The van der Waals surface area contributed by atoms with Crippen LogP contribution in [0.3, 0.4) is 0 Å². The summed E-state index contributed by atoms with van der Waals surface area (Å²) in [6, 6.07) is 5.54. The van der Waals surface area contributed by atoms with Crippen LogP contribution in [0.25, 0.3) is 11.2 Å². The van der Waals surface area contributed by atoms with Gasteiger partial charge in [0, 0.05) is 31.6 Å². The van der Waals surface area contributed by atoms with Gasteiger partial charge in [0.15, 0.2) is 23.8 Å². The average molecular weight is 607 g/mol. The van der Waals surface area contributed by atoms with Gasteiger partial charge >= 0.3 is 6.09 Å². The number of aliphatic hydroxyl groups is 2. The van der Waals surface area contributed by atoms with E-state index in [1.807, 2.05) is 0 Å². The molecule has 3 fully saturated rings. The lowest BCUT2D eigenvalue weighted by molar-refractivity contribution is -0.384. The number of aromatic nitrogens is 4. The summed E-state index contributed by atoms with van der Waals surface area (Å²) in [6.07, 6.45) is -0.836. The summed E-state index contributed by atoms with van der Waals surface area (Å²) in [5.74, 6) is 6.03. The van der Waals surface area contributed by atoms with Gasteiger partial charge in [-0.05, 0) is 43.6 Å². The summed E-state index contributed by atoms with van der Waals surface area (Å²) in [7, 11) is 0. The second kappa shape index (κ2) is 12.0. The number of piperidine rings is 1. The van der Waals surface area contributed by atoms with Gasteiger partial charge in [-0.1, -0.05) is 12.0 Å². The molecule has 16 nitrogen and oxygen atoms in total. The van der Waals surface area contributed by atoms with Crippen LogP contribution in [0, 0.1) is 27.9 Å². The van der Waals surface area contributed by atoms with Crippen LogP contribution in [0.4, 0.5) is 16.3 Å². The third-order valence-electron chi connectivity index (χ3n) is 7.84. The van der Waals surface area contributed by atoms with Crippen LogP contribution in [0.2, 0.25) is 0 Å². The number of nitrogens with one attached hydrogen (secondary N) is 1. The smallest absolute Gasteiger partial charge is 0.410 e. The lowest BCUT2D eigenvalue weighted by Crippen LogP contribution is -2.43. The van der Waals surface area contributed by atoms with Gasteiger partial charge in [0.2, 0.25) is 5.82 Å². The van der Waals surface area contributed by atoms with Crippen molar-refractivity contribution in [3.05, 3.63) is 46.5 Å². The number of nitrogen functional groups attached to an aromatic ring is 1. The van der Waals surface area contributed by atoms with Crippen molar-refractivity contribution >= 4 is 34.7 Å². The lowest BCUT2D eigenvalue weighted by atomic mass is 9.94. The Kier molecular flexibility index (Phi) is 7.99. The van der Waals surface area contributed by atoms with Crippen LogP contribution in [-0.4, -0.2) is 89.0 Å². The number of amides is 2. The number of likely N-dealkylation sites (tertiary alicyclic amines) is 1. The summed E-state index contributed by atoms with van der Waals surface area (Å²) in [4.78, 5) is 49.9. The molecule has 16 heteroatoms. The number of non-ortho nitro benzene ring substituents is 1. The number of rotatable bonds is 6. The Morgan fingerprint density at radius 2 is 1.95 bits per heavy atom. The molecule has 1 aromatic carbocycles. The SMILES string of the molecule is Nc1nc(C#CCC2CCN(C(=O)Oc3cccc([N+](=O)[O-])c3)CC2)nc2c1ncn2[C@@H]1O[C@H](C(=O)NC2CC2)[C@@H](O)[C@H]1O. The minimum absolute atomic E-state index is 0.0640. The van der Waals surface area contributed by atoms with Crippen LogP contribution in [0.5, 0.6) is 5.75 Å². The van der Waals surface area contributed by atoms with Gasteiger partial charge in [0.05, 0.1) is 17.3 Å². The van der Waals surface area contributed by atoms with Crippen molar-refractivity contribution < 1.29 is 34.2 Å². The van der Waals surface area contributed by atoms with Crippen molar-refractivity contribution in [1.29, 1.82) is 0 Å². The van der Waals surface area contributed by atoms with E-state index in [0.717, 1.165) is 12.8 Å². The summed E-state index contributed by atoms with van der Waals surface area (Å²) < 4.78 is 12.5. The maximum atomic E-state index is 12.5. The minimum Gasteiger partial charge on any atom is -0.410 e. The second-order valence-corrected chi connectivity index (χ2v) is 11.0. The Labute approximate surface area is 250 Å². The number of benzene rings is 1. The average Bonchev–Trinajstić information content (AvgIpc) is 3.64. The first-order valence-electron chi connectivity index (χ1n) is 14.2. The molecule has 4 heterocycles. The Morgan fingerprint density at radius 1 is 1.18 bits per heavy atom. The van der Waals surface area contributed by atoms with Crippen LogP contribution >= 0.6 is 0 Å². The number of hydrogen-bond acceptors (Lipinski definition) is 12. The third kappa shape index (κ3) is 6.11. The van der Waals surface area contributed by atoms with Crippen molar-refractivity contribution in [3.8, 4) is 17.6 Å². The molecule has 6 rings (SSSR count). The topological polar surface area (TPSA) is 221 Å². The summed E-state index contributed by atoms with van der Waals surface area (Å²) in [5.41, 5.74) is 6.44. The number of aliphatic hydroxyl groups excluding tert-OH is 2. The molecule has 2 aliphatic heterocycles. The van der Waals surface area contributed by atoms with E-state index >= 15 is 0 Å². The van der Waals surface area contributed by atoms with E-state index in [2.05, 4.69) is 32.1 Å². The van der Waals surface area contributed by atoms with Gasteiger partial charge in [-0.25, -0.2) is 19.7 Å². The molecule has 2 saturated heterocycles. The predicted molar refractivity (Wildman–Crippen MR) is 152 cm³/mol. The van der Waals surface area contributed by atoms with Gasteiger partial charge in [-0.3, -0.25) is 19.5 Å². The second-order valence-electron chi connectivity index (χ2n) is 11.0. The van der Waals surface area contributed by atoms with Gasteiger partial charge in [-0.15, -0.1) is 0 Å². The van der Waals surface area contributed by atoms with Gasteiger partial charge < -0.3 is 35.6 Å². The van der Waals surface area contributed by atoms with E-state index in [9.17, 15) is 29.9 Å². The molecular weight excluding hydrogens is 576 g/mol. The monoisotopic (exact) mass is 606 g/mol. The fourth-order valence-electron chi connectivity index (χ4n) is 5.22. The van der Waals surface area contributed by atoms with Crippen molar-refractivity contribution in [2.75, 3.05) is 18.8 Å². The highest BCUT2D eigenvalue weighted by molar-refractivity contribution is 5.83. The fraction of sp³-hybridized carbons (Fsp3) is 0.464. The van der Waals surface area contributed by atoms with Crippen LogP contribution < -0.4 is 15.8 Å². The van der Waals surface area contributed by atoms with Crippen molar-refractivity contribution in [3.63, 3.8) is 0 Å². The molecule has 2 amide bonds. The highest BCUT2D eigenvalue weighted by atomic mass is 16.6. The third-order valence-corrected chi connectivity index (χ3v) is 7.84. The van der Waals surface area contributed by atoms with Crippen LogP contribution in [-0.2, 0) is 9.53 Å². The van der Waals surface area contributed by atoms with E-state index < -0.39 is 41.5 Å². The van der Waals surface area contributed by atoms with Gasteiger partial charge in [-0.2, -0.15) is 0 Å². The zero-order valence-corrected chi connectivity index (χ0v) is 23.4. The first-order valence-corrected chi connectivity index (χ1v) is 14.2. The van der Waals surface area contributed by atoms with E-state index in [4.69, 9.17) is 15.2 Å². The molecule has 4 atom stereocenters. The number of anilines is 1. The molecule has 1 aliphatic carbocycles. The quantitative estimate of drug-likeness (QED) is 0.174. The van der Waals surface area contributed by atoms with Gasteiger partial charge in [0.25, 0.3) is 11.6 Å². The number of carbonyl (C=O) groups excluding carboxylic acids is 2. The number of nitrogens with zero attached hydrogens (tertiary/aromatic N) is 6. The Morgan fingerprint density at radius 3 is 2.68 bits per heavy atom. The molecule has 0 spiro atoms.